The Morgan fingerprint density at radius 2 is 1.60 bits per heavy atom. The summed E-state index contributed by atoms with van der Waals surface area (Å²) in [5, 5.41) is 7.86. The molecule has 0 bridgehead atoms. The van der Waals surface area contributed by atoms with Gasteiger partial charge < -0.3 is 16.4 Å². The van der Waals surface area contributed by atoms with Crippen molar-refractivity contribution in [3.8, 4) is 0 Å². The molecule has 130 valence electrons. The minimum atomic E-state index is -0.903. The lowest BCUT2D eigenvalue weighted by molar-refractivity contribution is -0.120. The van der Waals surface area contributed by atoms with Gasteiger partial charge >= 0.3 is 6.03 Å². The second-order valence-corrected chi connectivity index (χ2v) is 5.52. The molecule has 1 atom stereocenters. The number of amides is 4. The first kappa shape index (κ1) is 18.0. The average molecular weight is 340 g/mol. The summed E-state index contributed by atoms with van der Waals surface area (Å²) in [5.41, 5.74) is 7.55. The third kappa shape index (κ3) is 4.81. The summed E-state index contributed by atoms with van der Waals surface area (Å²) >= 11 is 0. The summed E-state index contributed by atoms with van der Waals surface area (Å²) in [6, 6.07) is 12.6. The smallest absolute Gasteiger partial charge is 0.318 e. The number of nitrogens with two attached hydrogens (primary N) is 1. The summed E-state index contributed by atoms with van der Waals surface area (Å²) in [7, 11) is 0. The number of carbonyl (C=O) groups is 3. The molecule has 0 aliphatic carbocycles. The van der Waals surface area contributed by atoms with Crippen molar-refractivity contribution in [2.45, 2.75) is 19.9 Å². The van der Waals surface area contributed by atoms with Gasteiger partial charge in [-0.05, 0) is 43.7 Å². The van der Waals surface area contributed by atoms with Gasteiger partial charge in [-0.1, -0.05) is 24.3 Å². The van der Waals surface area contributed by atoms with Gasteiger partial charge in [0.2, 0.25) is 5.91 Å². The van der Waals surface area contributed by atoms with Crippen LogP contribution in [0.4, 0.5) is 16.2 Å². The van der Waals surface area contributed by atoms with E-state index in [-0.39, 0.29) is 5.91 Å². The number of benzene rings is 2. The fourth-order valence-corrected chi connectivity index (χ4v) is 2.24. The molecule has 0 radical (unpaired) electrons. The molecule has 5 N–H and O–H groups in total. The number of anilines is 2. The van der Waals surface area contributed by atoms with E-state index in [9.17, 15) is 14.4 Å². The highest BCUT2D eigenvalue weighted by atomic mass is 16.2. The van der Waals surface area contributed by atoms with Crippen LogP contribution in [0.5, 0.6) is 0 Å². The molecule has 2 rings (SSSR count). The molecule has 0 aliphatic rings. The van der Waals surface area contributed by atoms with Crippen LogP contribution in [0.15, 0.2) is 48.5 Å². The molecule has 7 nitrogen and oxygen atoms in total. The van der Waals surface area contributed by atoms with Gasteiger partial charge in [0.25, 0.3) is 5.91 Å². The lowest BCUT2D eigenvalue weighted by Crippen LogP contribution is -2.43. The number of nitrogens with one attached hydrogen (secondary N) is 3. The lowest BCUT2D eigenvalue weighted by Gasteiger charge is -2.18. The molecular weight excluding hydrogens is 320 g/mol. The van der Waals surface area contributed by atoms with Crippen molar-refractivity contribution in [3.63, 3.8) is 0 Å². The summed E-state index contributed by atoms with van der Waals surface area (Å²) in [4.78, 5) is 34.8. The predicted molar refractivity (Wildman–Crippen MR) is 96.4 cm³/mol. The van der Waals surface area contributed by atoms with E-state index in [0.717, 1.165) is 5.56 Å². The average Bonchev–Trinajstić information content (AvgIpc) is 2.58. The van der Waals surface area contributed by atoms with Crippen LogP contribution in [0.2, 0.25) is 0 Å². The third-order valence-electron chi connectivity index (χ3n) is 3.63. The zero-order valence-corrected chi connectivity index (χ0v) is 14.0. The second kappa shape index (κ2) is 7.96. The Balaban J connectivity index is 2.12. The number of imide groups is 1. The first-order valence-electron chi connectivity index (χ1n) is 7.71. The van der Waals surface area contributed by atoms with Crippen molar-refractivity contribution in [2.24, 2.45) is 5.73 Å². The minimum Gasteiger partial charge on any atom is -0.374 e. The van der Waals surface area contributed by atoms with E-state index in [0.29, 0.717) is 16.9 Å². The molecule has 0 aromatic heterocycles. The summed E-state index contributed by atoms with van der Waals surface area (Å²) in [6.07, 6.45) is 0. The topological polar surface area (TPSA) is 113 Å². The summed E-state index contributed by atoms with van der Waals surface area (Å²) in [6.45, 7) is 3.43. The number of carbonyl (C=O) groups excluding carboxylic acids is 3. The van der Waals surface area contributed by atoms with Gasteiger partial charge in [-0.2, -0.15) is 0 Å². The third-order valence-corrected chi connectivity index (χ3v) is 3.63. The Morgan fingerprint density at radius 3 is 2.24 bits per heavy atom. The van der Waals surface area contributed by atoms with E-state index in [1.807, 2.05) is 18.3 Å². The Labute approximate surface area is 145 Å². The van der Waals surface area contributed by atoms with Gasteiger partial charge in [0.15, 0.2) is 0 Å². The molecule has 0 fully saturated rings. The van der Waals surface area contributed by atoms with Gasteiger partial charge in [0.1, 0.15) is 6.04 Å². The molecular formula is C18H20N4O3. The molecule has 0 heterocycles. The fourth-order valence-electron chi connectivity index (χ4n) is 2.24. The predicted octanol–water partition coefficient (Wildman–Crippen LogP) is 2.24. The van der Waals surface area contributed by atoms with E-state index in [4.69, 9.17) is 5.73 Å². The minimum absolute atomic E-state index is 0.222. The van der Waals surface area contributed by atoms with Gasteiger partial charge in [0, 0.05) is 16.9 Å². The SMILES string of the molecule is Cc1c(NC(=O)c2ccccc2)cccc1NC(C)C(=O)NC(N)=O. The largest absolute Gasteiger partial charge is 0.374 e. The van der Waals surface area contributed by atoms with Crippen molar-refractivity contribution in [2.75, 3.05) is 10.6 Å². The van der Waals surface area contributed by atoms with Crippen LogP contribution in [-0.4, -0.2) is 23.9 Å². The summed E-state index contributed by atoms with van der Waals surface area (Å²) < 4.78 is 0. The van der Waals surface area contributed by atoms with Crippen LogP contribution >= 0.6 is 0 Å². The van der Waals surface area contributed by atoms with Crippen LogP contribution < -0.4 is 21.7 Å². The quantitative estimate of drug-likeness (QED) is 0.668. The maximum atomic E-state index is 12.3. The molecule has 0 aliphatic heterocycles. The highest BCUT2D eigenvalue weighted by Crippen LogP contribution is 2.24. The van der Waals surface area contributed by atoms with Crippen LogP contribution in [0, 0.1) is 6.92 Å². The monoisotopic (exact) mass is 340 g/mol. The molecule has 25 heavy (non-hydrogen) atoms. The molecule has 2 aromatic carbocycles. The van der Waals surface area contributed by atoms with E-state index in [1.165, 1.54) is 0 Å². The highest BCUT2D eigenvalue weighted by molar-refractivity contribution is 6.05. The van der Waals surface area contributed by atoms with Crippen molar-refractivity contribution < 1.29 is 14.4 Å². The van der Waals surface area contributed by atoms with Crippen LogP contribution in [0.25, 0.3) is 0 Å². The van der Waals surface area contributed by atoms with Gasteiger partial charge in [-0.25, -0.2) is 4.79 Å². The Bertz CT molecular complexity index is 790. The number of urea groups is 1. The molecule has 0 saturated heterocycles. The van der Waals surface area contributed by atoms with Gasteiger partial charge in [0.05, 0.1) is 0 Å². The van der Waals surface area contributed by atoms with E-state index < -0.39 is 18.0 Å². The molecule has 2 aromatic rings. The van der Waals surface area contributed by atoms with E-state index >= 15 is 0 Å². The summed E-state index contributed by atoms with van der Waals surface area (Å²) in [5.74, 6) is -0.758. The first-order valence-corrected chi connectivity index (χ1v) is 7.71. The highest BCUT2D eigenvalue weighted by Gasteiger charge is 2.16. The lowest BCUT2D eigenvalue weighted by atomic mass is 10.1. The molecule has 1 unspecified atom stereocenters. The normalized spacial score (nSPS) is 11.3. The standard InChI is InChI=1S/C18H20N4O3/c1-11-14(20-12(2)16(23)22-18(19)25)9-6-10-15(11)21-17(24)13-7-4-3-5-8-13/h3-10,12,20H,1-2H3,(H,21,24)(H3,19,22,23,25). The number of hydrogen-bond acceptors (Lipinski definition) is 4. The van der Waals surface area contributed by atoms with Crippen LogP contribution in [0.1, 0.15) is 22.8 Å². The first-order chi connectivity index (χ1) is 11.9. The molecule has 7 heteroatoms. The zero-order chi connectivity index (χ0) is 18.4. The van der Waals surface area contributed by atoms with E-state index in [1.54, 1.807) is 49.4 Å². The Hall–Kier alpha value is -3.35. The van der Waals surface area contributed by atoms with Crippen LogP contribution in [-0.2, 0) is 4.79 Å². The van der Waals surface area contributed by atoms with Crippen molar-refractivity contribution >= 4 is 29.2 Å². The van der Waals surface area contributed by atoms with Crippen LogP contribution in [0.3, 0.4) is 0 Å². The fraction of sp³-hybridized carbons (Fsp3) is 0.167. The van der Waals surface area contributed by atoms with Crippen molar-refractivity contribution in [1.29, 1.82) is 0 Å². The Morgan fingerprint density at radius 1 is 0.960 bits per heavy atom. The number of hydrogen-bond donors (Lipinski definition) is 4. The molecule has 4 amide bonds. The maximum absolute atomic E-state index is 12.3. The second-order valence-electron chi connectivity index (χ2n) is 5.52. The Kier molecular flexibility index (Phi) is 5.73. The van der Waals surface area contributed by atoms with E-state index in [2.05, 4.69) is 10.6 Å². The zero-order valence-electron chi connectivity index (χ0n) is 14.0. The van der Waals surface area contributed by atoms with Gasteiger partial charge in [-0.3, -0.25) is 14.9 Å². The van der Waals surface area contributed by atoms with Gasteiger partial charge in [-0.15, -0.1) is 0 Å². The van der Waals surface area contributed by atoms with Crippen molar-refractivity contribution in [1.82, 2.24) is 5.32 Å². The molecule has 0 saturated carbocycles. The van der Waals surface area contributed by atoms with Crippen molar-refractivity contribution in [3.05, 3.63) is 59.7 Å². The molecule has 0 spiro atoms. The number of rotatable bonds is 5. The maximum Gasteiger partial charge on any atom is 0.318 e. The number of primary amides is 1.